The molecule has 1 aromatic carbocycles. The molecule has 0 spiro atoms. The number of aromatic nitrogens is 5. The standard InChI is InChI=1S/C33H38N8O3/c1-20-11-7-8-14-27(20)41-22(3)37-38-30(41)25-13-9-15-28(35-25)40-19-24-23(31(40)42)17-29(39-16-10-12-21(39)2)36-26(24)18-34-32(43)44-33(4,5)6/h7-9,11,13-15,17,21H,10,12,16,18-19H2,1-6H3,(H,34,43). The number of amides is 2. The molecule has 2 aliphatic heterocycles. The summed E-state index contributed by atoms with van der Waals surface area (Å²) in [5.74, 6) is 2.42. The van der Waals surface area contributed by atoms with E-state index in [9.17, 15) is 9.59 Å². The van der Waals surface area contributed by atoms with Gasteiger partial charge in [0.1, 0.15) is 28.8 Å². The number of carbonyl (C=O) groups is 2. The first kappa shape index (κ1) is 29.3. The summed E-state index contributed by atoms with van der Waals surface area (Å²) in [5, 5.41) is 11.6. The fraction of sp³-hybridized carbons (Fsp3) is 0.394. The van der Waals surface area contributed by atoms with Crippen LogP contribution in [0, 0.1) is 13.8 Å². The van der Waals surface area contributed by atoms with Crippen molar-refractivity contribution >= 4 is 23.6 Å². The van der Waals surface area contributed by atoms with Crippen LogP contribution in [-0.2, 0) is 17.8 Å². The van der Waals surface area contributed by atoms with Gasteiger partial charge in [0, 0.05) is 18.2 Å². The summed E-state index contributed by atoms with van der Waals surface area (Å²) in [4.78, 5) is 40.3. The number of nitrogens with one attached hydrogen (secondary N) is 1. The topological polar surface area (TPSA) is 118 Å². The van der Waals surface area contributed by atoms with E-state index in [0.29, 0.717) is 34.6 Å². The minimum absolute atomic E-state index is 0.140. The Morgan fingerprint density at radius 1 is 1.05 bits per heavy atom. The number of para-hydroxylation sites is 1. The molecule has 1 fully saturated rings. The molecule has 1 N–H and O–H groups in total. The minimum Gasteiger partial charge on any atom is -0.444 e. The van der Waals surface area contributed by atoms with Gasteiger partial charge >= 0.3 is 6.09 Å². The Morgan fingerprint density at radius 2 is 1.84 bits per heavy atom. The average molecular weight is 595 g/mol. The number of ether oxygens (including phenoxy) is 1. The molecular weight excluding hydrogens is 556 g/mol. The van der Waals surface area contributed by atoms with Gasteiger partial charge in [0.15, 0.2) is 5.82 Å². The van der Waals surface area contributed by atoms with Crippen LogP contribution in [0.3, 0.4) is 0 Å². The minimum atomic E-state index is -0.627. The van der Waals surface area contributed by atoms with Gasteiger partial charge in [-0.05, 0) is 84.2 Å². The quantitative estimate of drug-likeness (QED) is 0.310. The summed E-state index contributed by atoms with van der Waals surface area (Å²) in [6.45, 7) is 12.9. The first-order chi connectivity index (χ1) is 21.0. The molecule has 11 heteroatoms. The molecule has 2 aliphatic rings. The number of anilines is 2. The summed E-state index contributed by atoms with van der Waals surface area (Å²) in [5.41, 5.74) is 4.02. The predicted molar refractivity (Wildman–Crippen MR) is 168 cm³/mol. The molecule has 0 saturated carbocycles. The van der Waals surface area contributed by atoms with Crippen LogP contribution in [0.5, 0.6) is 0 Å². The second-order valence-electron chi connectivity index (χ2n) is 12.5. The molecule has 2 amide bonds. The highest BCUT2D eigenvalue weighted by molar-refractivity contribution is 6.10. The normalized spacial score (nSPS) is 16.4. The molecule has 3 aromatic heterocycles. The fourth-order valence-electron chi connectivity index (χ4n) is 5.90. The first-order valence-corrected chi connectivity index (χ1v) is 15.0. The van der Waals surface area contributed by atoms with Crippen LogP contribution in [0.25, 0.3) is 17.2 Å². The van der Waals surface area contributed by atoms with E-state index in [-0.39, 0.29) is 19.0 Å². The molecule has 0 bridgehead atoms. The highest BCUT2D eigenvalue weighted by Gasteiger charge is 2.35. The third-order valence-corrected chi connectivity index (χ3v) is 8.06. The van der Waals surface area contributed by atoms with E-state index in [4.69, 9.17) is 14.7 Å². The number of hydrogen-bond donors (Lipinski definition) is 1. The van der Waals surface area contributed by atoms with E-state index in [0.717, 1.165) is 47.8 Å². The Bertz CT molecular complexity index is 1740. The lowest BCUT2D eigenvalue weighted by Gasteiger charge is -2.24. The average Bonchev–Trinajstić information content (AvgIpc) is 3.68. The van der Waals surface area contributed by atoms with Crippen molar-refractivity contribution in [3.8, 4) is 17.2 Å². The molecule has 0 radical (unpaired) electrons. The summed E-state index contributed by atoms with van der Waals surface area (Å²) >= 11 is 0. The number of pyridine rings is 2. The fourth-order valence-corrected chi connectivity index (χ4v) is 5.90. The second kappa shape index (κ2) is 11.4. The Kier molecular flexibility index (Phi) is 7.56. The third-order valence-electron chi connectivity index (χ3n) is 8.06. The monoisotopic (exact) mass is 594 g/mol. The molecular formula is C33H38N8O3. The van der Waals surface area contributed by atoms with Crippen LogP contribution in [0.1, 0.15) is 73.5 Å². The van der Waals surface area contributed by atoms with Crippen LogP contribution in [-0.4, -0.2) is 54.9 Å². The molecule has 11 nitrogen and oxygen atoms in total. The van der Waals surface area contributed by atoms with Crippen molar-refractivity contribution < 1.29 is 14.3 Å². The molecule has 228 valence electrons. The van der Waals surface area contributed by atoms with E-state index in [2.05, 4.69) is 27.3 Å². The van der Waals surface area contributed by atoms with Gasteiger partial charge in [0.05, 0.1) is 30.0 Å². The van der Waals surface area contributed by atoms with Gasteiger partial charge in [-0.15, -0.1) is 10.2 Å². The lowest BCUT2D eigenvalue weighted by atomic mass is 10.1. The number of fused-ring (bicyclic) bond motifs is 1. The van der Waals surface area contributed by atoms with Gasteiger partial charge in [0.2, 0.25) is 0 Å². The number of hydrogen-bond acceptors (Lipinski definition) is 8. The zero-order valence-corrected chi connectivity index (χ0v) is 26.1. The van der Waals surface area contributed by atoms with Crippen molar-refractivity contribution in [2.75, 3.05) is 16.3 Å². The van der Waals surface area contributed by atoms with Gasteiger partial charge in [-0.1, -0.05) is 24.3 Å². The number of rotatable bonds is 6. The summed E-state index contributed by atoms with van der Waals surface area (Å²) in [6, 6.07) is 15.8. The van der Waals surface area contributed by atoms with Crippen molar-refractivity contribution in [1.82, 2.24) is 30.0 Å². The second-order valence-corrected chi connectivity index (χ2v) is 12.5. The zero-order valence-electron chi connectivity index (χ0n) is 26.1. The van der Waals surface area contributed by atoms with Gasteiger partial charge in [0.25, 0.3) is 5.91 Å². The van der Waals surface area contributed by atoms with Gasteiger partial charge in [-0.3, -0.25) is 14.3 Å². The molecule has 1 atom stereocenters. The maximum atomic E-state index is 14.0. The SMILES string of the molecule is Cc1ccccc1-n1c(C)nnc1-c1cccc(N2Cc3c(cc(N4CCCC4C)nc3CNC(=O)OC(C)(C)C)C2=O)n1. The lowest BCUT2D eigenvalue weighted by molar-refractivity contribution is 0.0522. The van der Waals surface area contributed by atoms with Crippen molar-refractivity contribution in [3.05, 3.63) is 76.7 Å². The number of aryl methyl sites for hydroxylation is 2. The van der Waals surface area contributed by atoms with Crippen molar-refractivity contribution in [2.24, 2.45) is 0 Å². The Balaban J connectivity index is 1.34. The largest absolute Gasteiger partial charge is 0.444 e. The predicted octanol–water partition coefficient (Wildman–Crippen LogP) is 5.51. The molecule has 6 rings (SSSR count). The molecule has 5 heterocycles. The van der Waals surface area contributed by atoms with Crippen molar-refractivity contribution in [1.29, 1.82) is 0 Å². The van der Waals surface area contributed by atoms with Gasteiger partial charge in [-0.2, -0.15) is 0 Å². The third kappa shape index (κ3) is 5.61. The Labute approximate surface area is 257 Å². The zero-order chi connectivity index (χ0) is 31.2. The van der Waals surface area contributed by atoms with E-state index >= 15 is 0 Å². The molecule has 0 aliphatic carbocycles. The van der Waals surface area contributed by atoms with Crippen LogP contribution in [0.4, 0.5) is 16.4 Å². The maximum absolute atomic E-state index is 14.0. The Morgan fingerprint density at radius 3 is 2.57 bits per heavy atom. The number of nitrogens with zero attached hydrogens (tertiary/aromatic N) is 7. The van der Waals surface area contributed by atoms with Crippen molar-refractivity contribution in [2.45, 2.75) is 79.1 Å². The van der Waals surface area contributed by atoms with Crippen molar-refractivity contribution in [3.63, 3.8) is 0 Å². The van der Waals surface area contributed by atoms with E-state index < -0.39 is 11.7 Å². The summed E-state index contributed by atoms with van der Waals surface area (Å²) in [6.07, 6.45) is 1.60. The van der Waals surface area contributed by atoms with Crippen LogP contribution >= 0.6 is 0 Å². The van der Waals surface area contributed by atoms with Gasteiger partial charge < -0.3 is 15.0 Å². The van der Waals surface area contributed by atoms with E-state index in [1.54, 1.807) is 4.90 Å². The number of carbonyl (C=O) groups excluding carboxylic acids is 2. The summed E-state index contributed by atoms with van der Waals surface area (Å²) in [7, 11) is 0. The smallest absolute Gasteiger partial charge is 0.407 e. The van der Waals surface area contributed by atoms with E-state index in [1.165, 1.54) is 0 Å². The highest BCUT2D eigenvalue weighted by atomic mass is 16.6. The Hall–Kier alpha value is -4.80. The highest BCUT2D eigenvalue weighted by Crippen LogP contribution is 2.34. The summed E-state index contributed by atoms with van der Waals surface area (Å²) < 4.78 is 7.44. The molecule has 1 unspecified atom stereocenters. The number of alkyl carbamates (subject to hydrolysis) is 1. The number of benzene rings is 1. The van der Waals surface area contributed by atoms with E-state index in [1.807, 2.05) is 87.7 Å². The van der Waals surface area contributed by atoms with Crippen LogP contribution in [0.15, 0.2) is 48.5 Å². The van der Waals surface area contributed by atoms with Crippen LogP contribution < -0.4 is 15.1 Å². The van der Waals surface area contributed by atoms with Crippen LogP contribution in [0.2, 0.25) is 0 Å². The molecule has 4 aromatic rings. The lowest BCUT2D eigenvalue weighted by Crippen LogP contribution is -2.33. The first-order valence-electron chi connectivity index (χ1n) is 15.0. The van der Waals surface area contributed by atoms with Gasteiger partial charge in [-0.25, -0.2) is 14.8 Å². The molecule has 44 heavy (non-hydrogen) atoms. The molecule has 1 saturated heterocycles. The maximum Gasteiger partial charge on any atom is 0.407 e.